The first-order chi connectivity index (χ1) is 10.6. The molecule has 0 aliphatic heterocycles. The minimum atomic E-state index is -0.537. The zero-order valence-corrected chi connectivity index (χ0v) is 13.0. The molecule has 5 heteroatoms. The lowest BCUT2D eigenvalue weighted by molar-refractivity contribution is -0.122. The SMILES string of the molecule is C[C@H]1CCCC[C@@H]1NC(=O)CCNC(=O)Oc1ccccc1. The van der Waals surface area contributed by atoms with Crippen LogP contribution in [0.5, 0.6) is 5.75 Å². The van der Waals surface area contributed by atoms with E-state index < -0.39 is 6.09 Å². The number of amides is 2. The lowest BCUT2D eigenvalue weighted by atomic mass is 9.86. The quantitative estimate of drug-likeness (QED) is 0.879. The largest absolute Gasteiger partial charge is 0.412 e. The third-order valence-electron chi connectivity index (χ3n) is 4.03. The average molecular weight is 304 g/mol. The van der Waals surface area contributed by atoms with Gasteiger partial charge in [0.15, 0.2) is 0 Å². The van der Waals surface area contributed by atoms with Gasteiger partial charge >= 0.3 is 6.09 Å². The smallest absolute Gasteiger partial charge is 0.410 e. The van der Waals surface area contributed by atoms with Crippen molar-refractivity contribution in [3.05, 3.63) is 30.3 Å². The second kappa shape index (κ2) is 8.41. The third kappa shape index (κ3) is 5.39. The van der Waals surface area contributed by atoms with Gasteiger partial charge in [0.25, 0.3) is 0 Å². The molecule has 2 rings (SSSR count). The molecule has 2 amide bonds. The number of carbonyl (C=O) groups excluding carboxylic acids is 2. The second-order valence-electron chi connectivity index (χ2n) is 5.82. The first-order valence-electron chi connectivity index (χ1n) is 7.95. The van der Waals surface area contributed by atoms with Gasteiger partial charge in [-0.2, -0.15) is 0 Å². The topological polar surface area (TPSA) is 67.4 Å². The second-order valence-corrected chi connectivity index (χ2v) is 5.82. The van der Waals surface area contributed by atoms with Crippen molar-refractivity contribution in [1.82, 2.24) is 10.6 Å². The van der Waals surface area contributed by atoms with Gasteiger partial charge in [-0.15, -0.1) is 0 Å². The molecule has 2 atom stereocenters. The van der Waals surface area contributed by atoms with E-state index in [9.17, 15) is 9.59 Å². The number of carbonyl (C=O) groups is 2. The van der Waals surface area contributed by atoms with Crippen LogP contribution in [0.4, 0.5) is 4.79 Å². The van der Waals surface area contributed by atoms with Gasteiger partial charge in [0.1, 0.15) is 5.75 Å². The minimum Gasteiger partial charge on any atom is -0.410 e. The average Bonchev–Trinajstić information content (AvgIpc) is 2.50. The molecule has 1 aliphatic rings. The van der Waals surface area contributed by atoms with Crippen molar-refractivity contribution < 1.29 is 14.3 Å². The van der Waals surface area contributed by atoms with Crippen LogP contribution in [0.15, 0.2) is 30.3 Å². The first-order valence-corrected chi connectivity index (χ1v) is 7.95. The summed E-state index contributed by atoms with van der Waals surface area (Å²) in [6, 6.07) is 9.12. The summed E-state index contributed by atoms with van der Waals surface area (Å²) in [5, 5.41) is 5.65. The highest BCUT2D eigenvalue weighted by atomic mass is 16.6. The Morgan fingerprint density at radius 3 is 2.64 bits per heavy atom. The molecule has 2 N–H and O–H groups in total. The molecule has 1 saturated carbocycles. The molecule has 22 heavy (non-hydrogen) atoms. The van der Waals surface area contributed by atoms with Crippen molar-refractivity contribution in [3.63, 3.8) is 0 Å². The first kappa shape index (κ1) is 16.3. The van der Waals surface area contributed by atoms with E-state index in [0.29, 0.717) is 11.7 Å². The fourth-order valence-corrected chi connectivity index (χ4v) is 2.72. The van der Waals surface area contributed by atoms with Crippen LogP contribution in [0.1, 0.15) is 39.0 Å². The van der Waals surface area contributed by atoms with Crippen molar-refractivity contribution >= 4 is 12.0 Å². The third-order valence-corrected chi connectivity index (χ3v) is 4.03. The standard InChI is InChI=1S/C17H24N2O3/c1-13-7-5-6-10-15(13)19-16(20)11-12-18-17(21)22-14-8-3-2-4-9-14/h2-4,8-9,13,15H,5-7,10-12H2,1H3,(H,18,21)(H,19,20)/t13-,15-/m0/s1. The maximum Gasteiger partial charge on any atom is 0.412 e. The summed E-state index contributed by atoms with van der Waals surface area (Å²) in [4.78, 5) is 23.5. The summed E-state index contributed by atoms with van der Waals surface area (Å²) in [5.74, 6) is 1.01. The Balaban J connectivity index is 1.63. The van der Waals surface area contributed by atoms with Gasteiger partial charge in [-0.3, -0.25) is 4.79 Å². The lowest BCUT2D eigenvalue weighted by Gasteiger charge is -2.29. The van der Waals surface area contributed by atoms with E-state index in [0.717, 1.165) is 6.42 Å². The van der Waals surface area contributed by atoms with Crippen LogP contribution in [-0.2, 0) is 4.79 Å². The lowest BCUT2D eigenvalue weighted by Crippen LogP contribution is -2.42. The Hall–Kier alpha value is -2.04. The van der Waals surface area contributed by atoms with Gasteiger partial charge in [0, 0.05) is 19.0 Å². The van der Waals surface area contributed by atoms with Crippen LogP contribution < -0.4 is 15.4 Å². The zero-order chi connectivity index (χ0) is 15.8. The summed E-state index contributed by atoms with van der Waals surface area (Å²) in [6.45, 7) is 2.46. The number of ether oxygens (including phenoxy) is 1. The van der Waals surface area contributed by atoms with E-state index >= 15 is 0 Å². The maximum absolute atomic E-state index is 11.9. The van der Waals surface area contributed by atoms with Crippen molar-refractivity contribution in [2.75, 3.05) is 6.54 Å². The molecular formula is C17H24N2O3. The van der Waals surface area contributed by atoms with Crippen LogP contribution in [0.2, 0.25) is 0 Å². The van der Waals surface area contributed by atoms with Gasteiger partial charge in [-0.25, -0.2) is 4.79 Å². The molecule has 0 bridgehead atoms. The molecule has 120 valence electrons. The van der Waals surface area contributed by atoms with Crippen LogP contribution in [-0.4, -0.2) is 24.6 Å². The zero-order valence-electron chi connectivity index (χ0n) is 13.0. The van der Waals surface area contributed by atoms with E-state index in [-0.39, 0.29) is 24.9 Å². The summed E-state index contributed by atoms with van der Waals surface area (Å²) in [5.41, 5.74) is 0. The molecule has 1 aliphatic carbocycles. The maximum atomic E-state index is 11.9. The van der Waals surface area contributed by atoms with Gasteiger partial charge < -0.3 is 15.4 Å². The predicted octanol–water partition coefficient (Wildman–Crippen LogP) is 2.86. The fourth-order valence-electron chi connectivity index (χ4n) is 2.72. The summed E-state index contributed by atoms with van der Waals surface area (Å²) < 4.78 is 5.08. The molecule has 0 unspecified atom stereocenters. The van der Waals surface area contributed by atoms with Crippen molar-refractivity contribution in [3.8, 4) is 5.75 Å². The molecule has 0 saturated heterocycles. The Morgan fingerprint density at radius 1 is 1.18 bits per heavy atom. The van der Waals surface area contributed by atoms with Crippen LogP contribution in [0.25, 0.3) is 0 Å². The Bertz CT molecular complexity index is 490. The minimum absolute atomic E-state index is 0.0150. The highest BCUT2D eigenvalue weighted by Gasteiger charge is 2.22. The molecule has 1 aromatic rings. The summed E-state index contributed by atoms with van der Waals surface area (Å²) in [6.07, 6.45) is 4.39. The van der Waals surface area contributed by atoms with Crippen molar-refractivity contribution in [2.24, 2.45) is 5.92 Å². The Kier molecular flexibility index (Phi) is 6.25. The van der Waals surface area contributed by atoms with Crippen LogP contribution >= 0.6 is 0 Å². The molecule has 0 radical (unpaired) electrons. The van der Waals surface area contributed by atoms with Gasteiger partial charge in [-0.1, -0.05) is 38.0 Å². The van der Waals surface area contributed by atoms with Crippen LogP contribution in [0, 0.1) is 5.92 Å². The van der Waals surface area contributed by atoms with E-state index in [4.69, 9.17) is 4.74 Å². The molecule has 0 heterocycles. The van der Waals surface area contributed by atoms with E-state index in [2.05, 4.69) is 17.6 Å². The molecule has 0 aromatic heterocycles. The fraction of sp³-hybridized carbons (Fsp3) is 0.529. The predicted molar refractivity (Wildman–Crippen MR) is 84.6 cm³/mol. The number of para-hydroxylation sites is 1. The Morgan fingerprint density at radius 2 is 1.91 bits per heavy atom. The highest BCUT2D eigenvalue weighted by Crippen LogP contribution is 2.23. The summed E-state index contributed by atoms with van der Waals surface area (Å²) in [7, 11) is 0. The molecule has 1 aromatic carbocycles. The number of hydrogen-bond donors (Lipinski definition) is 2. The molecule has 1 fully saturated rings. The van der Waals surface area contributed by atoms with Gasteiger partial charge in [-0.05, 0) is 30.9 Å². The number of hydrogen-bond acceptors (Lipinski definition) is 3. The van der Waals surface area contributed by atoms with E-state index in [1.165, 1.54) is 19.3 Å². The number of benzene rings is 1. The van der Waals surface area contributed by atoms with Crippen LogP contribution in [0.3, 0.4) is 0 Å². The molecule has 5 nitrogen and oxygen atoms in total. The van der Waals surface area contributed by atoms with E-state index in [1.54, 1.807) is 24.3 Å². The highest BCUT2D eigenvalue weighted by molar-refractivity contribution is 5.77. The van der Waals surface area contributed by atoms with Crippen molar-refractivity contribution in [1.29, 1.82) is 0 Å². The number of nitrogens with one attached hydrogen (secondary N) is 2. The van der Waals surface area contributed by atoms with E-state index in [1.807, 2.05) is 6.07 Å². The molecule has 0 spiro atoms. The van der Waals surface area contributed by atoms with Gasteiger partial charge in [0.2, 0.25) is 5.91 Å². The Labute approximate surface area is 131 Å². The monoisotopic (exact) mass is 304 g/mol. The molecular weight excluding hydrogens is 280 g/mol. The van der Waals surface area contributed by atoms with Gasteiger partial charge in [0.05, 0.1) is 0 Å². The summed E-state index contributed by atoms with van der Waals surface area (Å²) >= 11 is 0. The normalized spacial score (nSPS) is 21.0. The van der Waals surface area contributed by atoms with Crippen molar-refractivity contribution in [2.45, 2.75) is 45.1 Å². The number of rotatable bonds is 5.